The molecule has 1 unspecified atom stereocenters. The number of imidazole rings is 1. The van der Waals surface area contributed by atoms with E-state index < -0.39 is 13.4 Å². The molecule has 0 aliphatic heterocycles. The van der Waals surface area contributed by atoms with Crippen LogP contribution in [0.25, 0.3) is 11.2 Å². The zero-order valence-electron chi connectivity index (χ0n) is 14.4. The van der Waals surface area contributed by atoms with Crippen molar-refractivity contribution in [3.63, 3.8) is 0 Å². The molecule has 11 nitrogen and oxygen atoms in total. The molecule has 0 saturated carbocycles. The van der Waals surface area contributed by atoms with E-state index in [1.54, 1.807) is 13.8 Å². The van der Waals surface area contributed by atoms with Gasteiger partial charge in [0.25, 0.3) is 0 Å². The van der Waals surface area contributed by atoms with Gasteiger partial charge in [-0.15, -0.1) is 0 Å². The quantitative estimate of drug-likeness (QED) is 0.336. The van der Waals surface area contributed by atoms with E-state index in [1.807, 2.05) is 0 Å². The van der Waals surface area contributed by atoms with Gasteiger partial charge in [0.05, 0.1) is 13.2 Å². The molecule has 1 N–H and O–H groups in total. The highest BCUT2D eigenvalue weighted by Crippen LogP contribution is 2.53. The number of rotatable bonds is 11. The summed E-state index contributed by atoms with van der Waals surface area (Å²) in [7, 11) is -2.17. The van der Waals surface area contributed by atoms with Crippen molar-refractivity contribution in [2.45, 2.75) is 19.7 Å². The SMILES string of the molecule is CCOP(=O)(OCC)C(COn1cnc2c(Cl)nc(NC=O)nc21)OC. The maximum absolute atomic E-state index is 12.8. The van der Waals surface area contributed by atoms with Crippen LogP contribution in [0.1, 0.15) is 13.8 Å². The minimum absolute atomic E-state index is 0.0135. The number of ether oxygens (including phenoxy) is 1. The number of halogens is 1. The van der Waals surface area contributed by atoms with Crippen molar-refractivity contribution in [2.24, 2.45) is 0 Å². The fourth-order valence-electron chi connectivity index (χ4n) is 2.05. The van der Waals surface area contributed by atoms with Crippen LogP contribution in [-0.2, 0) is 23.1 Å². The molecular formula is C13H19ClN5O6P. The van der Waals surface area contributed by atoms with E-state index in [2.05, 4.69) is 20.3 Å². The van der Waals surface area contributed by atoms with Gasteiger partial charge < -0.3 is 18.6 Å². The molecule has 0 spiro atoms. The van der Waals surface area contributed by atoms with Crippen molar-refractivity contribution >= 4 is 42.7 Å². The molecule has 2 heterocycles. The zero-order chi connectivity index (χ0) is 19.2. The maximum Gasteiger partial charge on any atom is 0.362 e. The van der Waals surface area contributed by atoms with Gasteiger partial charge in [0.15, 0.2) is 17.6 Å². The van der Waals surface area contributed by atoms with Crippen LogP contribution in [0, 0.1) is 0 Å². The molecule has 2 aromatic rings. The third kappa shape index (κ3) is 4.49. The number of carbonyl (C=O) groups is 1. The van der Waals surface area contributed by atoms with Crippen molar-refractivity contribution in [3.05, 3.63) is 11.5 Å². The number of nitrogens with zero attached hydrogens (tertiary/aromatic N) is 4. The molecule has 2 rings (SSSR count). The second-order valence-electron chi connectivity index (χ2n) is 4.70. The normalized spacial score (nSPS) is 12.9. The summed E-state index contributed by atoms with van der Waals surface area (Å²) in [5.74, 6) is -0.981. The fraction of sp³-hybridized carbons (Fsp3) is 0.538. The summed E-state index contributed by atoms with van der Waals surface area (Å²) < 4.78 is 29.7. The van der Waals surface area contributed by atoms with Crippen LogP contribution in [0.3, 0.4) is 0 Å². The number of hydrogen-bond acceptors (Lipinski definition) is 9. The number of methoxy groups -OCH3 is 1. The Morgan fingerprint density at radius 1 is 1.35 bits per heavy atom. The Hall–Kier alpha value is -1.78. The molecule has 144 valence electrons. The summed E-state index contributed by atoms with van der Waals surface area (Å²) in [5, 5.41) is 2.34. The van der Waals surface area contributed by atoms with Crippen molar-refractivity contribution in [3.8, 4) is 0 Å². The van der Waals surface area contributed by atoms with E-state index in [1.165, 1.54) is 18.2 Å². The Balaban J connectivity index is 2.24. The lowest BCUT2D eigenvalue weighted by molar-refractivity contribution is -0.105. The van der Waals surface area contributed by atoms with Crippen LogP contribution in [-0.4, -0.2) is 58.9 Å². The largest absolute Gasteiger partial charge is 0.407 e. The van der Waals surface area contributed by atoms with Gasteiger partial charge in [0.1, 0.15) is 11.8 Å². The van der Waals surface area contributed by atoms with Crippen molar-refractivity contribution in [2.75, 3.05) is 32.2 Å². The molecule has 2 aromatic heterocycles. The molecule has 0 bridgehead atoms. The van der Waals surface area contributed by atoms with E-state index in [4.69, 9.17) is 30.2 Å². The molecule has 1 atom stereocenters. The Kier molecular flexibility index (Phi) is 7.30. The van der Waals surface area contributed by atoms with Crippen LogP contribution in [0.2, 0.25) is 5.15 Å². The Labute approximate surface area is 154 Å². The summed E-state index contributed by atoms with van der Waals surface area (Å²) in [6.07, 6.45) is 1.73. The van der Waals surface area contributed by atoms with Gasteiger partial charge in [-0.2, -0.15) is 14.7 Å². The predicted octanol–water partition coefficient (Wildman–Crippen LogP) is 1.72. The van der Waals surface area contributed by atoms with Gasteiger partial charge >= 0.3 is 7.60 Å². The first-order chi connectivity index (χ1) is 12.5. The predicted molar refractivity (Wildman–Crippen MR) is 93.1 cm³/mol. The number of carbonyl (C=O) groups excluding carboxylic acids is 1. The molecule has 0 fully saturated rings. The second-order valence-corrected chi connectivity index (χ2v) is 7.23. The Bertz CT molecular complexity index is 793. The smallest absolute Gasteiger partial charge is 0.362 e. The van der Waals surface area contributed by atoms with Crippen molar-refractivity contribution in [1.29, 1.82) is 0 Å². The van der Waals surface area contributed by atoms with Crippen LogP contribution < -0.4 is 10.2 Å². The number of amides is 1. The first kappa shape index (κ1) is 20.5. The van der Waals surface area contributed by atoms with E-state index in [0.29, 0.717) is 6.41 Å². The molecule has 0 saturated heterocycles. The summed E-state index contributed by atoms with van der Waals surface area (Å²) >= 11 is 6.01. The van der Waals surface area contributed by atoms with Crippen LogP contribution in [0.5, 0.6) is 0 Å². The fourth-order valence-corrected chi connectivity index (χ4v) is 3.90. The summed E-state index contributed by atoms with van der Waals surface area (Å²) in [5.41, 5.74) is 0.488. The maximum atomic E-state index is 12.8. The average molecular weight is 408 g/mol. The Morgan fingerprint density at radius 3 is 2.62 bits per heavy atom. The topological polar surface area (TPSA) is 127 Å². The van der Waals surface area contributed by atoms with E-state index >= 15 is 0 Å². The van der Waals surface area contributed by atoms with Gasteiger partial charge in [-0.3, -0.25) is 14.7 Å². The van der Waals surface area contributed by atoms with Gasteiger partial charge in [0, 0.05) is 7.11 Å². The van der Waals surface area contributed by atoms with Gasteiger partial charge in [-0.1, -0.05) is 11.6 Å². The highest BCUT2D eigenvalue weighted by atomic mass is 35.5. The lowest BCUT2D eigenvalue weighted by Gasteiger charge is -2.24. The van der Waals surface area contributed by atoms with E-state index in [9.17, 15) is 9.36 Å². The van der Waals surface area contributed by atoms with Crippen LogP contribution in [0.4, 0.5) is 5.95 Å². The lowest BCUT2D eigenvalue weighted by atomic mass is 10.5. The number of nitrogens with one attached hydrogen (secondary N) is 1. The summed E-state index contributed by atoms with van der Waals surface area (Å²) in [6.45, 7) is 3.60. The molecule has 0 aromatic carbocycles. The zero-order valence-corrected chi connectivity index (χ0v) is 16.1. The average Bonchev–Trinajstić information content (AvgIpc) is 3.00. The molecule has 0 aliphatic carbocycles. The monoisotopic (exact) mass is 407 g/mol. The Morgan fingerprint density at radius 2 is 2.04 bits per heavy atom. The molecule has 0 aliphatic rings. The summed E-state index contributed by atoms with van der Waals surface area (Å²) in [4.78, 5) is 28.2. The first-order valence-corrected chi connectivity index (χ1v) is 9.63. The molecule has 13 heteroatoms. The minimum atomic E-state index is -3.54. The van der Waals surface area contributed by atoms with Gasteiger partial charge in [0.2, 0.25) is 18.0 Å². The second kappa shape index (κ2) is 9.24. The number of anilines is 1. The third-order valence-corrected chi connectivity index (χ3v) is 5.68. The molecule has 26 heavy (non-hydrogen) atoms. The van der Waals surface area contributed by atoms with Crippen LogP contribution >= 0.6 is 19.2 Å². The highest BCUT2D eigenvalue weighted by molar-refractivity contribution is 7.54. The molecule has 0 radical (unpaired) electrons. The number of fused-ring (bicyclic) bond motifs is 1. The van der Waals surface area contributed by atoms with E-state index in [-0.39, 0.29) is 42.1 Å². The number of hydrogen-bond donors (Lipinski definition) is 1. The molecule has 1 amide bonds. The van der Waals surface area contributed by atoms with Gasteiger partial charge in [-0.05, 0) is 13.8 Å². The van der Waals surface area contributed by atoms with E-state index in [0.717, 1.165) is 0 Å². The van der Waals surface area contributed by atoms with Gasteiger partial charge in [-0.25, -0.2) is 4.98 Å². The summed E-state index contributed by atoms with van der Waals surface area (Å²) in [6, 6.07) is 0. The number of aromatic nitrogens is 4. The minimum Gasteiger partial charge on any atom is -0.407 e. The van der Waals surface area contributed by atoms with Crippen molar-refractivity contribution < 1.29 is 28.0 Å². The standard InChI is InChI=1S/C13H19ClN5O6P/c1-4-24-26(21,25-5-2)9(22-3)6-23-19-7-15-10-11(14)17-13(16-8-20)18-12(10)19/h7-9H,4-6H2,1-3H3,(H,16,17,18,20). The third-order valence-electron chi connectivity index (χ3n) is 3.11. The highest BCUT2D eigenvalue weighted by Gasteiger charge is 2.37. The first-order valence-electron chi connectivity index (χ1n) is 7.64. The van der Waals surface area contributed by atoms with Crippen LogP contribution in [0.15, 0.2) is 6.33 Å². The molecular weight excluding hydrogens is 389 g/mol. The lowest BCUT2D eigenvalue weighted by Crippen LogP contribution is -2.27. The van der Waals surface area contributed by atoms with Crippen molar-refractivity contribution in [1.82, 2.24) is 19.7 Å².